The van der Waals surface area contributed by atoms with E-state index in [9.17, 15) is 0 Å². The monoisotopic (exact) mass is 323 g/mol. The maximum absolute atomic E-state index is 5.95. The predicted molar refractivity (Wildman–Crippen MR) is 82.4 cm³/mol. The lowest BCUT2D eigenvalue weighted by Crippen LogP contribution is -2.01. The summed E-state index contributed by atoms with van der Waals surface area (Å²) in [6.45, 7) is 4.97. The number of benzene rings is 2. The topological polar surface area (TPSA) is 12.0 Å². The number of hydrogen-bond donors (Lipinski definition) is 1. The molecule has 2 rings (SSSR count). The summed E-state index contributed by atoms with van der Waals surface area (Å²) >= 11 is 9.45. The average Bonchev–Trinajstić information content (AvgIpc) is 2.32. The zero-order valence-corrected chi connectivity index (χ0v) is 12.8. The summed E-state index contributed by atoms with van der Waals surface area (Å²) in [5.41, 5.74) is 4.83. The van der Waals surface area contributed by atoms with E-state index in [1.165, 1.54) is 16.7 Å². The molecule has 0 fully saturated rings. The second-order valence-electron chi connectivity index (χ2n) is 4.39. The van der Waals surface area contributed by atoms with Gasteiger partial charge in [-0.3, -0.25) is 0 Å². The van der Waals surface area contributed by atoms with Crippen LogP contribution in [-0.4, -0.2) is 0 Å². The molecular formula is C15H15BrClN. The summed E-state index contributed by atoms with van der Waals surface area (Å²) in [4.78, 5) is 0. The van der Waals surface area contributed by atoms with Crippen LogP contribution in [0.1, 0.15) is 16.7 Å². The molecule has 1 N–H and O–H groups in total. The number of halogens is 2. The highest BCUT2D eigenvalue weighted by molar-refractivity contribution is 9.10. The Kier molecular flexibility index (Phi) is 4.31. The van der Waals surface area contributed by atoms with Crippen LogP contribution in [0.15, 0.2) is 40.9 Å². The molecule has 0 spiro atoms. The molecule has 0 aliphatic heterocycles. The number of hydrogen-bond acceptors (Lipinski definition) is 1. The minimum Gasteiger partial charge on any atom is -0.381 e. The van der Waals surface area contributed by atoms with Gasteiger partial charge in [0.05, 0.1) is 0 Å². The third kappa shape index (κ3) is 3.27. The van der Waals surface area contributed by atoms with Crippen LogP contribution < -0.4 is 5.32 Å². The smallest absolute Gasteiger partial charge is 0.0408 e. The largest absolute Gasteiger partial charge is 0.381 e. The van der Waals surface area contributed by atoms with Gasteiger partial charge < -0.3 is 5.32 Å². The number of aryl methyl sites for hydroxylation is 2. The van der Waals surface area contributed by atoms with Crippen molar-refractivity contribution in [3.8, 4) is 0 Å². The van der Waals surface area contributed by atoms with Crippen molar-refractivity contribution in [3.63, 3.8) is 0 Å². The zero-order valence-electron chi connectivity index (χ0n) is 10.4. The highest BCUT2D eigenvalue weighted by Gasteiger charge is 2.01. The molecule has 0 unspecified atom stereocenters. The first-order chi connectivity index (χ1) is 8.56. The van der Waals surface area contributed by atoms with E-state index in [1.807, 2.05) is 12.1 Å². The highest BCUT2D eigenvalue weighted by Crippen LogP contribution is 2.21. The Morgan fingerprint density at radius 2 is 1.83 bits per heavy atom. The molecule has 3 heteroatoms. The fraction of sp³-hybridized carbons (Fsp3) is 0.200. The van der Waals surface area contributed by atoms with Gasteiger partial charge in [0.2, 0.25) is 0 Å². The number of rotatable bonds is 3. The molecule has 2 aromatic carbocycles. The molecule has 0 aliphatic carbocycles. The first kappa shape index (κ1) is 13.4. The van der Waals surface area contributed by atoms with E-state index < -0.39 is 0 Å². The van der Waals surface area contributed by atoms with Gasteiger partial charge in [-0.2, -0.15) is 0 Å². The van der Waals surface area contributed by atoms with E-state index >= 15 is 0 Å². The fourth-order valence-electron chi connectivity index (χ4n) is 1.81. The molecule has 0 aromatic heterocycles. The molecule has 0 bridgehead atoms. The summed E-state index contributed by atoms with van der Waals surface area (Å²) in [5, 5.41) is 4.21. The Morgan fingerprint density at radius 1 is 1.06 bits per heavy atom. The fourth-order valence-corrected chi connectivity index (χ4v) is 2.28. The van der Waals surface area contributed by atoms with Crippen molar-refractivity contribution in [2.45, 2.75) is 20.4 Å². The molecule has 0 saturated heterocycles. The van der Waals surface area contributed by atoms with Gasteiger partial charge in [0.1, 0.15) is 0 Å². The van der Waals surface area contributed by atoms with E-state index in [-0.39, 0.29) is 0 Å². The van der Waals surface area contributed by atoms with Gasteiger partial charge in [-0.1, -0.05) is 33.6 Å². The minimum absolute atomic E-state index is 0.788. The predicted octanol–water partition coefficient (Wildman–Crippen LogP) is 5.33. The van der Waals surface area contributed by atoms with Crippen LogP contribution in [0.5, 0.6) is 0 Å². The van der Waals surface area contributed by atoms with Gasteiger partial charge in [0.15, 0.2) is 0 Å². The molecule has 94 valence electrons. The number of anilines is 1. The minimum atomic E-state index is 0.788. The van der Waals surface area contributed by atoms with Crippen LogP contribution in [0.25, 0.3) is 0 Å². The van der Waals surface area contributed by atoms with E-state index in [2.05, 4.69) is 59.4 Å². The first-order valence-electron chi connectivity index (χ1n) is 5.81. The third-order valence-corrected chi connectivity index (χ3v) is 4.07. The van der Waals surface area contributed by atoms with Crippen LogP contribution in [0, 0.1) is 13.8 Å². The van der Waals surface area contributed by atoms with Crippen LogP contribution >= 0.6 is 27.5 Å². The van der Waals surface area contributed by atoms with Crippen molar-refractivity contribution in [2.24, 2.45) is 0 Å². The third-order valence-electron chi connectivity index (χ3n) is 2.95. The number of nitrogens with one attached hydrogen (secondary N) is 1. The van der Waals surface area contributed by atoms with Gasteiger partial charge in [0, 0.05) is 21.7 Å². The standard InChI is InChI=1S/C15H15BrClN/c1-10-7-13(17)4-3-12(10)9-18-14-5-6-15(16)11(2)8-14/h3-8,18H,9H2,1-2H3. The second kappa shape index (κ2) is 5.77. The lowest BCUT2D eigenvalue weighted by molar-refractivity contribution is 1.12. The Bertz CT molecular complexity index is 566. The molecule has 0 aliphatic rings. The van der Waals surface area contributed by atoms with Crippen molar-refractivity contribution in [2.75, 3.05) is 5.32 Å². The summed E-state index contributed by atoms with van der Waals surface area (Å²) in [7, 11) is 0. The first-order valence-corrected chi connectivity index (χ1v) is 6.98. The molecular weight excluding hydrogens is 310 g/mol. The Balaban J connectivity index is 2.09. The van der Waals surface area contributed by atoms with Crippen molar-refractivity contribution in [1.82, 2.24) is 0 Å². The lowest BCUT2D eigenvalue weighted by Gasteiger charge is -2.10. The molecule has 1 nitrogen and oxygen atoms in total. The van der Waals surface area contributed by atoms with E-state index in [1.54, 1.807) is 0 Å². The van der Waals surface area contributed by atoms with E-state index in [0.717, 1.165) is 21.7 Å². The van der Waals surface area contributed by atoms with Gasteiger partial charge >= 0.3 is 0 Å². The summed E-state index contributed by atoms with van der Waals surface area (Å²) in [5.74, 6) is 0. The van der Waals surface area contributed by atoms with Crippen LogP contribution in [-0.2, 0) is 6.54 Å². The maximum Gasteiger partial charge on any atom is 0.0408 e. The maximum atomic E-state index is 5.95. The van der Waals surface area contributed by atoms with E-state index in [0.29, 0.717) is 0 Å². The Labute approximate surface area is 121 Å². The van der Waals surface area contributed by atoms with Crippen LogP contribution in [0.2, 0.25) is 5.02 Å². The molecule has 0 radical (unpaired) electrons. The van der Waals surface area contributed by atoms with Crippen LogP contribution in [0.4, 0.5) is 5.69 Å². The molecule has 2 aromatic rings. The quantitative estimate of drug-likeness (QED) is 0.804. The van der Waals surface area contributed by atoms with Crippen LogP contribution in [0.3, 0.4) is 0 Å². The summed E-state index contributed by atoms with van der Waals surface area (Å²) < 4.78 is 1.13. The molecule has 0 saturated carbocycles. The SMILES string of the molecule is Cc1cc(NCc2ccc(Cl)cc2C)ccc1Br. The normalized spacial score (nSPS) is 10.4. The second-order valence-corrected chi connectivity index (χ2v) is 5.68. The van der Waals surface area contributed by atoms with Gasteiger partial charge in [-0.05, 0) is 60.9 Å². The summed E-state index contributed by atoms with van der Waals surface area (Å²) in [6, 6.07) is 12.3. The highest BCUT2D eigenvalue weighted by atomic mass is 79.9. The molecule has 0 atom stereocenters. The molecule has 18 heavy (non-hydrogen) atoms. The summed E-state index contributed by atoms with van der Waals surface area (Å²) in [6.07, 6.45) is 0. The van der Waals surface area contributed by atoms with E-state index in [4.69, 9.17) is 11.6 Å². The van der Waals surface area contributed by atoms with Crippen molar-refractivity contribution in [1.29, 1.82) is 0 Å². The average molecular weight is 325 g/mol. The van der Waals surface area contributed by atoms with Crippen molar-refractivity contribution >= 4 is 33.2 Å². The Hall–Kier alpha value is -0.990. The van der Waals surface area contributed by atoms with Crippen molar-refractivity contribution < 1.29 is 0 Å². The molecule has 0 heterocycles. The van der Waals surface area contributed by atoms with Gasteiger partial charge in [0.25, 0.3) is 0 Å². The van der Waals surface area contributed by atoms with Crippen molar-refractivity contribution in [3.05, 3.63) is 62.6 Å². The molecule has 0 amide bonds. The zero-order chi connectivity index (χ0) is 13.1. The lowest BCUT2D eigenvalue weighted by atomic mass is 10.1. The Morgan fingerprint density at radius 3 is 2.50 bits per heavy atom. The van der Waals surface area contributed by atoms with Gasteiger partial charge in [-0.25, -0.2) is 0 Å². The van der Waals surface area contributed by atoms with Gasteiger partial charge in [-0.15, -0.1) is 0 Å².